The molecule has 1 saturated heterocycles. The van der Waals surface area contributed by atoms with E-state index < -0.39 is 34.7 Å². The molecule has 2 fully saturated rings. The van der Waals surface area contributed by atoms with Gasteiger partial charge in [0.15, 0.2) is 12.4 Å². The van der Waals surface area contributed by atoms with Crippen molar-refractivity contribution in [2.24, 2.45) is 0 Å². The predicted octanol–water partition coefficient (Wildman–Crippen LogP) is 4.52. The molecule has 0 amide bonds. The fourth-order valence-electron chi connectivity index (χ4n) is 5.64. The number of aliphatic hydroxyl groups excluding tert-OH is 1. The van der Waals surface area contributed by atoms with Gasteiger partial charge in [-0.2, -0.15) is 4.31 Å². The van der Waals surface area contributed by atoms with E-state index in [2.05, 4.69) is 0 Å². The van der Waals surface area contributed by atoms with Crippen LogP contribution in [0.15, 0.2) is 35.2 Å². The molecule has 4 rings (SSSR count). The summed E-state index contributed by atoms with van der Waals surface area (Å²) in [4.78, 5) is 25.9. The number of β-amino-alcohol motifs (C(OH)–C–C–N with tert-alkyl or cyclic N) is 1. The molecular weight excluding hydrogens is 490 g/mol. The number of ketones is 1. The van der Waals surface area contributed by atoms with Gasteiger partial charge in [-0.1, -0.05) is 49.6 Å². The van der Waals surface area contributed by atoms with Crippen molar-refractivity contribution in [2.75, 3.05) is 13.2 Å². The van der Waals surface area contributed by atoms with E-state index in [4.69, 9.17) is 4.74 Å². The van der Waals surface area contributed by atoms with Crippen molar-refractivity contribution in [3.8, 4) is 0 Å². The van der Waals surface area contributed by atoms with Crippen LogP contribution in [0.3, 0.4) is 0 Å². The van der Waals surface area contributed by atoms with E-state index >= 15 is 0 Å². The van der Waals surface area contributed by atoms with Crippen LogP contribution in [0.25, 0.3) is 0 Å². The molecule has 0 radical (unpaired) electrons. The minimum atomic E-state index is -4.09. The lowest BCUT2D eigenvalue weighted by Gasteiger charge is -2.25. The third-order valence-electron chi connectivity index (χ3n) is 8.02. The average molecular weight is 528 g/mol. The monoisotopic (exact) mass is 527 g/mol. The summed E-state index contributed by atoms with van der Waals surface area (Å²) >= 11 is 0. The van der Waals surface area contributed by atoms with Gasteiger partial charge >= 0.3 is 5.97 Å². The van der Waals surface area contributed by atoms with Crippen molar-refractivity contribution in [1.82, 2.24) is 4.31 Å². The highest BCUT2D eigenvalue weighted by Crippen LogP contribution is 2.34. The number of sulfonamides is 1. The Hall–Kier alpha value is -2.55. The van der Waals surface area contributed by atoms with E-state index in [9.17, 15) is 23.1 Å². The number of aryl methyl sites for hydroxylation is 2. The fourth-order valence-corrected chi connectivity index (χ4v) is 7.85. The first-order chi connectivity index (χ1) is 17.5. The Kier molecular flexibility index (Phi) is 8.21. The van der Waals surface area contributed by atoms with E-state index in [-0.39, 0.29) is 23.6 Å². The van der Waals surface area contributed by atoms with E-state index in [1.54, 1.807) is 26.0 Å². The third-order valence-corrected chi connectivity index (χ3v) is 10.2. The second kappa shape index (κ2) is 11.1. The standard InChI is InChI=1S/C29H37NO6S/c1-18-14-19(2)21(4)28(20(18)3)37(34,35)30-16-25(31)15-26(30)29(33)36-17-27(32)24-12-10-23(11-13-24)22-8-6-5-7-9-22/h10-14,22,25-26,31H,5-9,15-17H2,1-4H3/t25-,26+/m0/s1. The van der Waals surface area contributed by atoms with Gasteiger partial charge in [0.1, 0.15) is 6.04 Å². The van der Waals surface area contributed by atoms with E-state index in [0.29, 0.717) is 22.6 Å². The Bertz CT molecular complexity index is 1250. The summed E-state index contributed by atoms with van der Waals surface area (Å²) in [6, 6.07) is 8.22. The van der Waals surface area contributed by atoms with Crippen molar-refractivity contribution < 1.29 is 27.9 Å². The maximum absolute atomic E-state index is 13.7. The molecule has 8 heteroatoms. The first kappa shape index (κ1) is 27.5. The normalized spacial score (nSPS) is 21.2. The molecule has 2 aromatic rings. The number of hydrogen-bond acceptors (Lipinski definition) is 6. The van der Waals surface area contributed by atoms with Gasteiger partial charge in [0.25, 0.3) is 0 Å². The summed E-state index contributed by atoms with van der Waals surface area (Å²) in [6.07, 6.45) is 4.99. The summed E-state index contributed by atoms with van der Waals surface area (Å²) < 4.78 is 33.7. The van der Waals surface area contributed by atoms with Crippen LogP contribution in [0, 0.1) is 27.7 Å². The van der Waals surface area contributed by atoms with Crippen molar-refractivity contribution in [1.29, 1.82) is 0 Å². The zero-order chi connectivity index (χ0) is 26.9. The molecule has 1 saturated carbocycles. The number of rotatable bonds is 7. The Morgan fingerprint density at radius 1 is 0.973 bits per heavy atom. The van der Waals surface area contributed by atoms with Gasteiger partial charge in [0.2, 0.25) is 10.0 Å². The molecule has 7 nitrogen and oxygen atoms in total. The SMILES string of the molecule is Cc1cc(C)c(C)c(S(=O)(=O)N2C[C@@H](O)C[C@@H]2C(=O)OCC(=O)c2ccc(C3CCCCC3)cc2)c1C. The van der Waals surface area contributed by atoms with Crippen molar-refractivity contribution in [3.05, 3.63) is 63.7 Å². The smallest absolute Gasteiger partial charge is 0.325 e. The van der Waals surface area contributed by atoms with Gasteiger partial charge in [-0.3, -0.25) is 9.59 Å². The number of ether oxygens (including phenoxy) is 1. The molecule has 2 aliphatic rings. The molecule has 0 unspecified atom stereocenters. The Morgan fingerprint density at radius 2 is 1.57 bits per heavy atom. The first-order valence-electron chi connectivity index (χ1n) is 13.1. The number of nitrogens with zero attached hydrogens (tertiary/aromatic N) is 1. The number of aliphatic hydroxyl groups is 1. The fraction of sp³-hybridized carbons (Fsp3) is 0.517. The summed E-state index contributed by atoms with van der Waals surface area (Å²) in [6.45, 7) is 6.49. The van der Waals surface area contributed by atoms with Crippen LogP contribution < -0.4 is 0 Å². The molecule has 2 aromatic carbocycles. The number of carbonyl (C=O) groups excluding carboxylic acids is 2. The van der Waals surface area contributed by atoms with E-state index in [0.717, 1.165) is 15.4 Å². The topological polar surface area (TPSA) is 101 Å². The first-order valence-corrected chi connectivity index (χ1v) is 14.5. The zero-order valence-corrected chi connectivity index (χ0v) is 22.9. The largest absolute Gasteiger partial charge is 0.456 e. The van der Waals surface area contributed by atoms with Crippen LogP contribution in [0.1, 0.15) is 82.6 Å². The minimum Gasteiger partial charge on any atom is -0.456 e. The highest BCUT2D eigenvalue weighted by Gasteiger charge is 2.45. The lowest BCUT2D eigenvalue weighted by atomic mass is 9.84. The van der Waals surface area contributed by atoms with Gasteiger partial charge in [-0.15, -0.1) is 0 Å². The predicted molar refractivity (Wildman–Crippen MR) is 141 cm³/mol. The van der Waals surface area contributed by atoms with Gasteiger partial charge in [0, 0.05) is 18.5 Å². The summed E-state index contributed by atoms with van der Waals surface area (Å²) in [7, 11) is -4.09. The molecule has 1 aliphatic carbocycles. The number of Topliss-reactive ketones (excluding diaryl/α,β-unsaturated/α-hetero) is 1. The van der Waals surface area contributed by atoms with Gasteiger partial charge in [-0.05, 0) is 74.3 Å². The van der Waals surface area contributed by atoms with Crippen LogP contribution in [-0.4, -0.2) is 54.9 Å². The number of carbonyl (C=O) groups is 2. The molecule has 0 bridgehead atoms. The third kappa shape index (κ3) is 5.66. The second-order valence-electron chi connectivity index (χ2n) is 10.6. The van der Waals surface area contributed by atoms with Crippen LogP contribution in [0.5, 0.6) is 0 Å². The lowest BCUT2D eigenvalue weighted by molar-refractivity contribution is -0.146. The highest BCUT2D eigenvalue weighted by atomic mass is 32.2. The average Bonchev–Trinajstić information content (AvgIpc) is 3.29. The molecule has 0 aromatic heterocycles. The van der Waals surface area contributed by atoms with Crippen LogP contribution in [0.4, 0.5) is 0 Å². The molecule has 0 spiro atoms. The summed E-state index contributed by atoms with van der Waals surface area (Å²) in [5, 5.41) is 10.3. The maximum Gasteiger partial charge on any atom is 0.325 e. The number of esters is 1. The number of benzene rings is 2. The summed E-state index contributed by atoms with van der Waals surface area (Å²) in [5.41, 5.74) is 4.57. The van der Waals surface area contributed by atoms with Crippen LogP contribution >= 0.6 is 0 Å². The Morgan fingerprint density at radius 3 is 2.16 bits per heavy atom. The molecule has 1 N–H and O–H groups in total. The van der Waals surface area contributed by atoms with Crippen molar-refractivity contribution in [3.63, 3.8) is 0 Å². The van der Waals surface area contributed by atoms with Gasteiger partial charge < -0.3 is 9.84 Å². The quantitative estimate of drug-likeness (QED) is 0.420. The molecule has 1 heterocycles. The second-order valence-corrected chi connectivity index (χ2v) is 12.4. The van der Waals surface area contributed by atoms with Crippen LogP contribution in [0.2, 0.25) is 0 Å². The van der Waals surface area contributed by atoms with Crippen molar-refractivity contribution >= 4 is 21.8 Å². The van der Waals surface area contributed by atoms with E-state index in [1.807, 2.05) is 32.0 Å². The molecule has 1 aliphatic heterocycles. The lowest BCUT2D eigenvalue weighted by Crippen LogP contribution is -2.42. The molecule has 2 atom stereocenters. The molecular formula is C29H37NO6S. The van der Waals surface area contributed by atoms with Crippen LogP contribution in [-0.2, 0) is 19.6 Å². The maximum atomic E-state index is 13.7. The Balaban J connectivity index is 1.46. The summed E-state index contributed by atoms with van der Waals surface area (Å²) in [5.74, 6) is -0.647. The Labute approximate surface area is 219 Å². The van der Waals surface area contributed by atoms with Gasteiger partial charge in [-0.25, -0.2) is 8.42 Å². The van der Waals surface area contributed by atoms with Gasteiger partial charge in [0.05, 0.1) is 11.0 Å². The highest BCUT2D eigenvalue weighted by molar-refractivity contribution is 7.89. The molecule has 200 valence electrons. The zero-order valence-electron chi connectivity index (χ0n) is 22.1. The van der Waals surface area contributed by atoms with Crippen molar-refractivity contribution in [2.45, 2.75) is 89.2 Å². The molecule has 37 heavy (non-hydrogen) atoms. The number of hydrogen-bond donors (Lipinski definition) is 1. The minimum absolute atomic E-state index is 0.0781. The van der Waals surface area contributed by atoms with E-state index in [1.165, 1.54) is 37.7 Å².